The quantitative estimate of drug-likeness (QED) is 0.821. The van der Waals surface area contributed by atoms with Crippen molar-refractivity contribution in [2.75, 3.05) is 18.1 Å². The van der Waals surface area contributed by atoms with Gasteiger partial charge < -0.3 is 10.4 Å². The molecule has 6 heteroatoms. The van der Waals surface area contributed by atoms with Crippen LogP contribution < -0.4 is 5.32 Å². The normalized spacial score (nSPS) is 13.0. The second kappa shape index (κ2) is 5.86. The first-order valence-electron chi connectivity index (χ1n) is 5.55. The van der Waals surface area contributed by atoms with Gasteiger partial charge in [0.2, 0.25) is 0 Å². The summed E-state index contributed by atoms with van der Waals surface area (Å²) in [6, 6.07) is 6.40. The number of sulfone groups is 1. The van der Waals surface area contributed by atoms with Crippen molar-refractivity contribution in [1.82, 2.24) is 0 Å². The number of nitrogens with one attached hydrogen (secondary N) is 1. The van der Waals surface area contributed by atoms with Crippen LogP contribution in [0.3, 0.4) is 0 Å². The molecule has 0 saturated heterocycles. The second-order valence-electron chi connectivity index (χ2n) is 4.38. The molecule has 1 rings (SSSR count). The van der Waals surface area contributed by atoms with Gasteiger partial charge in [0.15, 0.2) is 9.84 Å². The molecule has 0 spiro atoms. The average molecular weight is 271 g/mol. The number of carbonyl (C=O) groups is 1. The van der Waals surface area contributed by atoms with Crippen LogP contribution in [-0.4, -0.2) is 32.3 Å². The van der Waals surface area contributed by atoms with Gasteiger partial charge in [-0.05, 0) is 30.2 Å². The summed E-state index contributed by atoms with van der Waals surface area (Å²) in [5.41, 5.74) is 0.777. The first-order chi connectivity index (χ1) is 8.29. The third kappa shape index (κ3) is 4.75. The fourth-order valence-electron chi connectivity index (χ4n) is 1.48. The van der Waals surface area contributed by atoms with Gasteiger partial charge in [-0.15, -0.1) is 0 Å². The smallest absolute Gasteiger partial charge is 0.303 e. The van der Waals surface area contributed by atoms with E-state index in [9.17, 15) is 13.2 Å². The number of hydrogen-bond acceptors (Lipinski definition) is 4. The van der Waals surface area contributed by atoms with Crippen molar-refractivity contribution in [3.63, 3.8) is 0 Å². The summed E-state index contributed by atoms with van der Waals surface area (Å²) in [7, 11) is -3.17. The maximum absolute atomic E-state index is 11.2. The van der Waals surface area contributed by atoms with Gasteiger partial charge in [0.25, 0.3) is 0 Å². The Bertz CT molecular complexity index is 507. The molecule has 0 aromatic heterocycles. The van der Waals surface area contributed by atoms with E-state index in [1.54, 1.807) is 12.1 Å². The Labute approximate surface area is 107 Å². The fourth-order valence-corrected chi connectivity index (χ4v) is 2.11. The van der Waals surface area contributed by atoms with Gasteiger partial charge in [-0.3, -0.25) is 4.79 Å². The minimum Gasteiger partial charge on any atom is -0.481 e. The number of aliphatic carboxylic acids is 1. The molecule has 1 unspecified atom stereocenters. The molecule has 0 aliphatic carbocycles. The Morgan fingerprint density at radius 2 is 1.89 bits per heavy atom. The molecular formula is C12H17NO4S. The highest BCUT2D eigenvalue weighted by atomic mass is 32.2. The maximum Gasteiger partial charge on any atom is 0.303 e. The molecule has 1 aromatic rings. The molecule has 0 saturated carbocycles. The number of rotatable bonds is 6. The number of benzene rings is 1. The fraction of sp³-hybridized carbons (Fsp3) is 0.417. The van der Waals surface area contributed by atoms with Crippen LogP contribution in [0.2, 0.25) is 0 Å². The third-order valence-electron chi connectivity index (χ3n) is 2.46. The molecule has 0 aliphatic rings. The van der Waals surface area contributed by atoms with Crippen LogP contribution >= 0.6 is 0 Å². The molecule has 1 aromatic carbocycles. The largest absolute Gasteiger partial charge is 0.481 e. The van der Waals surface area contributed by atoms with E-state index in [2.05, 4.69) is 5.32 Å². The van der Waals surface area contributed by atoms with E-state index in [1.165, 1.54) is 12.1 Å². The lowest BCUT2D eigenvalue weighted by Crippen LogP contribution is -2.14. The molecule has 5 nitrogen and oxygen atoms in total. The van der Waals surface area contributed by atoms with Crippen LogP contribution in [-0.2, 0) is 14.6 Å². The second-order valence-corrected chi connectivity index (χ2v) is 6.40. The van der Waals surface area contributed by atoms with E-state index in [0.29, 0.717) is 6.54 Å². The van der Waals surface area contributed by atoms with Crippen molar-refractivity contribution in [2.45, 2.75) is 18.2 Å². The van der Waals surface area contributed by atoms with E-state index < -0.39 is 15.8 Å². The summed E-state index contributed by atoms with van der Waals surface area (Å²) in [6.45, 7) is 2.37. The van der Waals surface area contributed by atoms with Crippen LogP contribution in [0.1, 0.15) is 13.3 Å². The zero-order valence-electron chi connectivity index (χ0n) is 10.4. The van der Waals surface area contributed by atoms with Crippen molar-refractivity contribution in [1.29, 1.82) is 0 Å². The van der Waals surface area contributed by atoms with Gasteiger partial charge in [-0.2, -0.15) is 0 Å². The third-order valence-corrected chi connectivity index (χ3v) is 3.59. The standard InChI is InChI=1S/C12H17NO4S/c1-9(7-12(14)15)8-13-10-3-5-11(6-4-10)18(2,16)17/h3-6,9,13H,7-8H2,1-2H3,(H,14,15). The summed E-state index contributed by atoms with van der Waals surface area (Å²) in [4.78, 5) is 10.8. The summed E-state index contributed by atoms with van der Waals surface area (Å²) in [5.74, 6) is -0.811. The Morgan fingerprint density at radius 1 is 1.33 bits per heavy atom. The molecular weight excluding hydrogens is 254 g/mol. The summed E-state index contributed by atoms with van der Waals surface area (Å²) in [5, 5.41) is 11.7. The van der Waals surface area contributed by atoms with Crippen LogP contribution in [0.5, 0.6) is 0 Å². The SMILES string of the molecule is CC(CNc1ccc(S(C)(=O)=O)cc1)CC(=O)O. The predicted molar refractivity (Wildman–Crippen MR) is 69.5 cm³/mol. The van der Waals surface area contributed by atoms with Crippen molar-refractivity contribution in [2.24, 2.45) is 5.92 Å². The first-order valence-corrected chi connectivity index (χ1v) is 7.44. The van der Waals surface area contributed by atoms with E-state index in [4.69, 9.17) is 5.11 Å². The molecule has 0 radical (unpaired) electrons. The van der Waals surface area contributed by atoms with E-state index in [0.717, 1.165) is 11.9 Å². The highest BCUT2D eigenvalue weighted by molar-refractivity contribution is 7.90. The van der Waals surface area contributed by atoms with Crippen LogP contribution in [0.15, 0.2) is 29.2 Å². The number of carboxylic acids is 1. The van der Waals surface area contributed by atoms with Crippen LogP contribution in [0, 0.1) is 5.92 Å². The lowest BCUT2D eigenvalue weighted by atomic mass is 10.1. The highest BCUT2D eigenvalue weighted by Crippen LogP contribution is 2.14. The average Bonchev–Trinajstić information content (AvgIpc) is 2.25. The van der Waals surface area contributed by atoms with Gasteiger partial charge in [0.05, 0.1) is 4.90 Å². The van der Waals surface area contributed by atoms with Gasteiger partial charge >= 0.3 is 5.97 Å². The maximum atomic E-state index is 11.2. The number of anilines is 1. The Morgan fingerprint density at radius 3 is 2.33 bits per heavy atom. The lowest BCUT2D eigenvalue weighted by Gasteiger charge is -2.11. The van der Waals surface area contributed by atoms with Crippen molar-refractivity contribution >= 4 is 21.5 Å². The molecule has 100 valence electrons. The molecule has 2 N–H and O–H groups in total. The molecule has 18 heavy (non-hydrogen) atoms. The lowest BCUT2D eigenvalue weighted by molar-refractivity contribution is -0.137. The predicted octanol–water partition coefficient (Wildman–Crippen LogP) is 1.61. The zero-order chi connectivity index (χ0) is 13.8. The molecule has 0 heterocycles. The Kier molecular flexibility index (Phi) is 4.72. The number of carboxylic acid groups (broad SMARTS) is 1. The minimum absolute atomic E-state index is 0.0112. The first kappa shape index (κ1) is 14.5. The Balaban J connectivity index is 2.57. The van der Waals surface area contributed by atoms with Crippen molar-refractivity contribution in [3.05, 3.63) is 24.3 Å². The number of hydrogen-bond donors (Lipinski definition) is 2. The topological polar surface area (TPSA) is 83.5 Å². The van der Waals surface area contributed by atoms with Gasteiger partial charge in [-0.1, -0.05) is 6.92 Å². The van der Waals surface area contributed by atoms with Crippen LogP contribution in [0.25, 0.3) is 0 Å². The summed E-state index contributed by atoms with van der Waals surface area (Å²) in [6.07, 6.45) is 1.26. The van der Waals surface area contributed by atoms with Gasteiger partial charge in [-0.25, -0.2) is 8.42 Å². The zero-order valence-corrected chi connectivity index (χ0v) is 11.2. The van der Waals surface area contributed by atoms with Gasteiger partial charge in [0.1, 0.15) is 0 Å². The van der Waals surface area contributed by atoms with E-state index >= 15 is 0 Å². The minimum atomic E-state index is -3.17. The molecule has 0 amide bonds. The summed E-state index contributed by atoms with van der Waals surface area (Å²) < 4.78 is 22.5. The van der Waals surface area contributed by atoms with Crippen molar-refractivity contribution in [3.8, 4) is 0 Å². The molecule has 0 aliphatic heterocycles. The molecule has 0 fully saturated rings. The van der Waals surface area contributed by atoms with Gasteiger partial charge in [0, 0.05) is 24.9 Å². The van der Waals surface area contributed by atoms with E-state index in [-0.39, 0.29) is 17.2 Å². The monoisotopic (exact) mass is 271 g/mol. The molecule has 1 atom stereocenters. The Hall–Kier alpha value is -1.56. The van der Waals surface area contributed by atoms with Crippen LogP contribution in [0.4, 0.5) is 5.69 Å². The summed E-state index contributed by atoms with van der Waals surface area (Å²) >= 11 is 0. The highest BCUT2D eigenvalue weighted by Gasteiger charge is 2.08. The van der Waals surface area contributed by atoms with E-state index in [1.807, 2.05) is 6.92 Å². The molecule has 0 bridgehead atoms. The van der Waals surface area contributed by atoms with Crippen molar-refractivity contribution < 1.29 is 18.3 Å².